The summed E-state index contributed by atoms with van der Waals surface area (Å²) in [6.45, 7) is 16.2. The zero-order chi connectivity index (χ0) is 10.7. The molecule has 0 atom stereocenters. The normalized spacial score (nSPS) is 10.6. The second kappa shape index (κ2) is 10.0. The number of rotatable bonds is 5. The number of quaternary nitrogens is 1. The molecule has 0 amide bonds. The highest BCUT2D eigenvalue weighted by atomic mass is 16.2. The molecule has 0 aromatic carbocycles. The smallest absolute Gasteiger partial charge is 0.0757 e. The van der Waals surface area contributed by atoms with E-state index in [1.54, 1.807) is 0 Å². The van der Waals surface area contributed by atoms with E-state index in [1.807, 2.05) is 6.92 Å². The van der Waals surface area contributed by atoms with Crippen LogP contribution in [0.1, 0.15) is 41.0 Å². The van der Waals surface area contributed by atoms with E-state index in [1.165, 1.54) is 30.7 Å². The summed E-state index contributed by atoms with van der Waals surface area (Å²) >= 11 is 0. The first kappa shape index (κ1) is 15.4. The van der Waals surface area contributed by atoms with Gasteiger partial charge < -0.3 is 9.59 Å². The van der Waals surface area contributed by atoms with Gasteiger partial charge in [-0.05, 0) is 27.7 Å². The van der Waals surface area contributed by atoms with Crippen LogP contribution in [0.5, 0.6) is 0 Å². The van der Waals surface area contributed by atoms with Crippen molar-refractivity contribution in [3.63, 3.8) is 0 Å². The molecule has 0 aromatic heterocycles. The Kier molecular flexibility index (Phi) is 11.8. The monoisotopic (exact) mass is 189 g/mol. The van der Waals surface area contributed by atoms with E-state index in [9.17, 15) is 5.11 Å². The van der Waals surface area contributed by atoms with Gasteiger partial charge in [-0.2, -0.15) is 0 Å². The van der Waals surface area contributed by atoms with Gasteiger partial charge in [0.25, 0.3) is 0 Å². The molecular weight excluding hydrogens is 162 g/mol. The third kappa shape index (κ3) is 7.03. The molecule has 0 aliphatic carbocycles. The van der Waals surface area contributed by atoms with Gasteiger partial charge in [0.05, 0.1) is 26.2 Å². The fourth-order valence-electron chi connectivity index (χ4n) is 1.34. The second-order valence-electron chi connectivity index (χ2n) is 3.31. The fraction of sp³-hybridized carbons (Fsp3) is 1.00. The van der Waals surface area contributed by atoms with E-state index >= 15 is 0 Å². The van der Waals surface area contributed by atoms with Crippen molar-refractivity contribution in [1.29, 1.82) is 0 Å². The van der Waals surface area contributed by atoms with Crippen LogP contribution in [0.4, 0.5) is 0 Å². The first-order valence-corrected chi connectivity index (χ1v) is 5.59. The number of hydrogen-bond donors (Lipinski definition) is 0. The minimum absolute atomic E-state index is 0.0694. The molecule has 0 unspecified atom stereocenters. The molecule has 0 heterocycles. The summed E-state index contributed by atoms with van der Waals surface area (Å²) in [5, 5.41) is 9.30. The summed E-state index contributed by atoms with van der Waals surface area (Å²) in [6, 6.07) is 0. The lowest BCUT2D eigenvalue weighted by molar-refractivity contribution is -0.921. The molecule has 0 saturated heterocycles. The van der Waals surface area contributed by atoms with E-state index in [0.717, 1.165) is 6.42 Å². The maximum atomic E-state index is 9.30. The summed E-state index contributed by atoms with van der Waals surface area (Å²) in [7, 11) is 0. The number of hydrogen-bond acceptors (Lipinski definition) is 1. The molecule has 2 nitrogen and oxygen atoms in total. The first-order valence-electron chi connectivity index (χ1n) is 5.59. The maximum absolute atomic E-state index is 9.30. The minimum Gasteiger partial charge on any atom is -0.854 e. The minimum atomic E-state index is 0.0694. The van der Waals surface area contributed by atoms with Gasteiger partial charge in [-0.3, -0.25) is 0 Å². The van der Waals surface area contributed by atoms with Crippen LogP contribution in [0.15, 0.2) is 0 Å². The molecule has 0 fully saturated rings. The molecule has 0 radical (unpaired) electrons. The molecule has 0 N–H and O–H groups in total. The van der Waals surface area contributed by atoms with Gasteiger partial charge in [0, 0.05) is 0 Å². The molecule has 0 bridgehead atoms. The highest BCUT2D eigenvalue weighted by molar-refractivity contribution is 4.31. The largest absolute Gasteiger partial charge is 0.854 e. The van der Waals surface area contributed by atoms with Crippen molar-refractivity contribution in [2.45, 2.75) is 41.0 Å². The molecule has 13 heavy (non-hydrogen) atoms. The van der Waals surface area contributed by atoms with E-state index in [2.05, 4.69) is 27.7 Å². The molecule has 0 aliphatic rings. The van der Waals surface area contributed by atoms with Crippen molar-refractivity contribution in [2.24, 2.45) is 0 Å². The van der Waals surface area contributed by atoms with Crippen LogP contribution in [0.25, 0.3) is 0 Å². The van der Waals surface area contributed by atoms with Crippen molar-refractivity contribution >= 4 is 0 Å². The highest BCUT2D eigenvalue weighted by Gasteiger charge is 2.16. The van der Waals surface area contributed by atoms with Crippen LogP contribution in [0, 0.1) is 0 Å². The Morgan fingerprint density at radius 3 is 1.00 bits per heavy atom. The van der Waals surface area contributed by atoms with Crippen molar-refractivity contribution in [3.8, 4) is 0 Å². The lowest BCUT2D eigenvalue weighted by atomic mass is 10.3. The third-order valence-corrected chi connectivity index (χ3v) is 2.89. The molecule has 0 saturated carbocycles. The zero-order valence-corrected chi connectivity index (χ0v) is 10.1. The van der Waals surface area contributed by atoms with Gasteiger partial charge in [0.15, 0.2) is 0 Å². The Morgan fingerprint density at radius 2 is 1.00 bits per heavy atom. The molecule has 0 aliphatic heterocycles. The first-order chi connectivity index (χ1) is 6.16. The Balaban J connectivity index is 0. The van der Waals surface area contributed by atoms with Crippen LogP contribution in [0.2, 0.25) is 0 Å². The lowest BCUT2D eigenvalue weighted by Crippen LogP contribution is -2.47. The van der Waals surface area contributed by atoms with Gasteiger partial charge >= 0.3 is 0 Å². The SMILES string of the molecule is CCC[O-].CC[N+](CC)(CC)CC. The topological polar surface area (TPSA) is 23.1 Å². The summed E-state index contributed by atoms with van der Waals surface area (Å²) in [5.41, 5.74) is 0. The van der Waals surface area contributed by atoms with Crippen LogP contribution in [-0.4, -0.2) is 37.3 Å². The average Bonchev–Trinajstić information content (AvgIpc) is 2.23. The predicted molar refractivity (Wildman–Crippen MR) is 57.6 cm³/mol. The van der Waals surface area contributed by atoms with E-state index in [-0.39, 0.29) is 6.61 Å². The maximum Gasteiger partial charge on any atom is 0.0757 e. The summed E-state index contributed by atoms with van der Waals surface area (Å²) in [6.07, 6.45) is 0.764. The summed E-state index contributed by atoms with van der Waals surface area (Å²) in [5.74, 6) is 0. The second-order valence-corrected chi connectivity index (χ2v) is 3.31. The van der Waals surface area contributed by atoms with E-state index < -0.39 is 0 Å². The van der Waals surface area contributed by atoms with Gasteiger partial charge in [0.1, 0.15) is 0 Å². The third-order valence-electron chi connectivity index (χ3n) is 2.89. The lowest BCUT2D eigenvalue weighted by Gasteiger charge is -2.34. The Labute approximate surface area is 84.2 Å². The molecule has 82 valence electrons. The van der Waals surface area contributed by atoms with Crippen LogP contribution >= 0.6 is 0 Å². The fourth-order valence-corrected chi connectivity index (χ4v) is 1.34. The molecule has 2 heteroatoms. The Morgan fingerprint density at radius 1 is 0.769 bits per heavy atom. The quantitative estimate of drug-likeness (QED) is 0.603. The average molecular weight is 189 g/mol. The van der Waals surface area contributed by atoms with Crippen LogP contribution in [-0.2, 0) is 0 Å². The van der Waals surface area contributed by atoms with E-state index in [4.69, 9.17) is 0 Å². The molecular formula is C11H27NO. The zero-order valence-electron chi connectivity index (χ0n) is 10.1. The van der Waals surface area contributed by atoms with Crippen molar-refractivity contribution < 1.29 is 9.59 Å². The molecule has 0 rings (SSSR count). The highest BCUT2D eigenvalue weighted by Crippen LogP contribution is 2.03. The van der Waals surface area contributed by atoms with Crippen LogP contribution in [0.3, 0.4) is 0 Å². The Hall–Kier alpha value is -0.0800. The van der Waals surface area contributed by atoms with Gasteiger partial charge in [-0.1, -0.05) is 13.3 Å². The van der Waals surface area contributed by atoms with Gasteiger partial charge in [-0.25, -0.2) is 0 Å². The molecule has 0 spiro atoms. The van der Waals surface area contributed by atoms with Crippen molar-refractivity contribution in [2.75, 3.05) is 32.8 Å². The van der Waals surface area contributed by atoms with Gasteiger partial charge in [-0.15, -0.1) is 6.61 Å². The standard InChI is InChI=1S/C8H20N.C3H7O/c1-5-9(6-2,7-3)8-4;1-2-3-4/h5-8H2,1-4H3;2-3H2,1H3/q+1;-1. The predicted octanol–water partition coefficient (Wildman–Crippen LogP) is 1.64. The van der Waals surface area contributed by atoms with Crippen molar-refractivity contribution in [1.82, 2.24) is 0 Å². The Bertz CT molecular complexity index is 70.6. The molecule has 0 aromatic rings. The van der Waals surface area contributed by atoms with E-state index in [0.29, 0.717) is 0 Å². The van der Waals surface area contributed by atoms with Crippen LogP contribution < -0.4 is 5.11 Å². The van der Waals surface area contributed by atoms with Crippen molar-refractivity contribution in [3.05, 3.63) is 0 Å². The summed E-state index contributed by atoms with van der Waals surface area (Å²) in [4.78, 5) is 0. The summed E-state index contributed by atoms with van der Waals surface area (Å²) < 4.78 is 1.28. The number of nitrogens with zero attached hydrogens (tertiary/aromatic N) is 1. The van der Waals surface area contributed by atoms with Gasteiger partial charge in [0.2, 0.25) is 0 Å².